The Morgan fingerprint density at radius 1 is 1.30 bits per heavy atom. The van der Waals surface area contributed by atoms with Crippen molar-refractivity contribution in [2.24, 2.45) is 5.92 Å². The van der Waals surface area contributed by atoms with Crippen LogP contribution < -0.4 is 0 Å². The smallest absolute Gasteiger partial charge is 0.252 e. The van der Waals surface area contributed by atoms with Crippen molar-refractivity contribution in [3.8, 4) is 0 Å². The first-order chi connectivity index (χ1) is 11.0. The van der Waals surface area contributed by atoms with Crippen LogP contribution in [-0.4, -0.2) is 62.9 Å². The quantitative estimate of drug-likeness (QED) is 0.817. The van der Waals surface area contributed by atoms with E-state index in [0.717, 1.165) is 18.4 Å². The first kappa shape index (κ1) is 16.9. The minimum atomic E-state index is -3.49. The number of hydrogen-bond donors (Lipinski definition) is 0. The van der Waals surface area contributed by atoms with E-state index >= 15 is 0 Å². The van der Waals surface area contributed by atoms with Gasteiger partial charge in [-0.05, 0) is 36.8 Å². The Kier molecular flexibility index (Phi) is 5.05. The van der Waals surface area contributed by atoms with Gasteiger partial charge in [-0.15, -0.1) is 11.3 Å². The van der Waals surface area contributed by atoms with Gasteiger partial charge in [0.2, 0.25) is 5.91 Å². The summed E-state index contributed by atoms with van der Waals surface area (Å²) in [5.74, 6) is -0.173. The molecule has 2 aliphatic heterocycles. The number of carbonyl (C=O) groups excluding carboxylic acids is 1. The molecule has 1 aromatic heterocycles. The van der Waals surface area contributed by atoms with Crippen LogP contribution in [0.1, 0.15) is 18.4 Å². The maximum absolute atomic E-state index is 12.8. The average molecular weight is 358 g/mol. The van der Waals surface area contributed by atoms with Gasteiger partial charge in [-0.1, -0.05) is 0 Å². The topological polar surface area (TPSA) is 66.9 Å². The van der Waals surface area contributed by atoms with Crippen molar-refractivity contribution in [2.45, 2.75) is 24.0 Å². The van der Waals surface area contributed by atoms with E-state index in [0.29, 0.717) is 37.1 Å². The molecule has 6 nitrogen and oxygen atoms in total. The van der Waals surface area contributed by atoms with Crippen LogP contribution >= 0.6 is 11.3 Å². The first-order valence-corrected chi connectivity index (χ1v) is 10.2. The van der Waals surface area contributed by atoms with Gasteiger partial charge in [0.05, 0.1) is 19.1 Å². The monoisotopic (exact) mass is 358 g/mol. The van der Waals surface area contributed by atoms with Crippen molar-refractivity contribution in [3.63, 3.8) is 0 Å². The van der Waals surface area contributed by atoms with E-state index < -0.39 is 10.0 Å². The van der Waals surface area contributed by atoms with Crippen LogP contribution in [0.3, 0.4) is 0 Å². The molecular weight excluding hydrogens is 336 g/mol. The van der Waals surface area contributed by atoms with Crippen LogP contribution in [0.15, 0.2) is 15.7 Å². The molecule has 3 heterocycles. The number of piperidine rings is 1. The van der Waals surface area contributed by atoms with Gasteiger partial charge in [0.25, 0.3) is 10.0 Å². The van der Waals surface area contributed by atoms with Gasteiger partial charge in [0.15, 0.2) is 0 Å². The van der Waals surface area contributed by atoms with Crippen LogP contribution in [0.4, 0.5) is 0 Å². The largest absolute Gasteiger partial charge is 0.378 e. The van der Waals surface area contributed by atoms with Crippen LogP contribution in [-0.2, 0) is 19.6 Å². The summed E-state index contributed by atoms with van der Waals surface area (Å²) >= 11 is 1.25. The predicted molar refractivity (Wildman–Crippen MR) is 87.9 cm³/mol. The van der Waals surface area contributed by atoms with Crippen LogP contribution in [0, 0.1) is 12.8 Å². The third kappa shape index (κ3) is 3.45. The molecule has 0 aliphatic carbocycles. The molecule has 0 radical (unpaired) electrons. The van der Waals surface area contributed by atoms with Gasteiger partial charge in [0.1, 0.15) is 4.21 Å². The van der Waals surface area contributed by atoms with Crippen LogP contribution in [0.25, 0.3) is 0 Å². The second-order valence-corrected chi connectivity index (χ2v) is 9.08. The number of rotatable bonds is 3. The highest BCUT2D eigenvalue weighted by atomic mass is 32.2. The summed E-state index contributed by atoms with van der Waals surface area (Å²) in [7, 11) is -3.49. The van der Waals surface area contributed by atoms with Crippen molar-refractivity contribution < 1.29 is 17.9 Å². The summed E-state index contributed by atoms with van der Waals surface area (Å²) in [5, 5.41) is 1.79. The molecule has 0 spiro atoms. The van der Waals surface area contributed by atoms with Gasteiger partial charge < -0.3 is 9.64 Å². The second kappa shape index (κ2) is 6.88. The standard InChI is InChI=1S/C15H22N2O4S2/c1-12-4-10-22-15(12)23(19,20)17-5-2-3-13(11-17)14(18)16-6-8-21-9-7-16/h4,10,13H,2-3,5-9,11H2,1H3. The van der Waals surface area contributed by atoms with E-state index in [4.69, 9.17) is 4.74 Å². The molecular formula is C15H22N2O4S2. The lowest BCUT2D eigenvalue weighted by atomic mass is 9.98. The van der Waals surface area contributed by atoms with Crippen molar-refractivity contribution >= 4 is 27.3 Å². The molecule has 2 fully saturated rings. The van der Waals surface area contributed by atoms with Crippen molar-refractivity contribution in [2.75, 3.05) is 39.4 Å². The molecule has 0 aromatic carbocycles. The first-order valence-electron chi connectivity index (χ1n) is 7.91. The molecule has 128 valence electrons. The summed E-state index contributed by atoms with van der Waals surface area (Å²) in [6, 6.07) is 1.82. The van der Waals surface area contributed by atoms with Gasteiger partial charge in [-0.25, -0.2) is 8.42 Å². The Bertz CT molecular complexity index is 665. The molecule has 8 heteroatoms. The fourth-order valence-corrected chi connectivity index (χ4v) is 6.22. The maximum atomic E-state index is 12.8. The molecule has 0 saturated carbocycles. The van der Waals surface area contributed by atoms with E-state index in [1.54, 1.807) is 10.3 Å². The highest BCUT2D eigenvalue weighted by Crippen LogP contribution is 2.29. The Balaban J connectivity index is 1.73. The number of morpholine rings is 1. The number of amides is 1. The zero-order chi connectivity index (χ0) is 16.4. The van der Waals surface area contributed by atoms with Gasteiger partial charge in [0, 0.05) is 26.2 Å². The van der Waals surface area contributed by atoms with Crippen molar-refractivity contribution in [3.05, 3.63) is 17.0 Å². The van der Waals surface area contributed by atoms with E-state index in [9.17, 15) is 13.2 Å². The zero-order valence-corrected chi connectivity index (χ0v) is 14.9. The lowest BCUT2D eigenvalue weighted by Crippen LogP contribution is -2.49. The Morgan fingerprint density at radius 2 is 2.04 bits per heavy atom. The Labute approximate surface area is 141 Å². The zero-order valence-electron chi connectivity index (χ0n) is 13.2. The molecule has 3 rings (SSSR count). The number of hydrogen-bond acceptors (Lipinski definition) is 5. The predicted octanol–water partition coefficient (Wildman–Crippen LogP) is 1.32. The molecule has 2 saturated heterocycles. The summed E-state index contributed by atoms with van der Waals surface area (Å²) in [6.45, 7) is 4.92. The minimum absolute atomic E-state index is 0.0658. The van der Waals surface area contributed by atoms with E-state index in [2.05, 4.69) is 0 Å². The SMILES string of the molecule is Cc1ccsc1S(=O)(=O)N1CCCC(C(=O)N2CCOCC2)C1. The molecule has 1 unspecified atom stereocenters. The number of aryl methyl sites for hydroxylation is 1. The maximum Gasteiger partial charge on any atom is 0.252 e. The molecule has 2 aliphatic rings. The minimum Gasteiger partial charge on any atom is -0.378 e. The van der Waals surface area contributed by atoms with Crippen LogP contribution in [0.5, 0.6) is 0 Å². The van der Waals surface area contributed by atoms with Crippen molar-refractivity contribution in [1.29, 1.82) is 0 Å². The summed E-state index contributed by atoms with van der Waals surface area (Å²) in [4.78, 5) is 14.4. The number of carbonyl (C=O) groups is 1. The number of thiophene rings is 1. The molecule has 23 heavy (non-hydrogen) atoms. The number of sulfonamides is 1. The van der Waals surface area contributed by atoms with Gasteiger partial charge in [-0.3, -0.25) is 4.79 Å². The lowest BCUT2D eigenvalue weighted by molar-refractivity contribution is -0.140. The van der Waals surface area contributed by atoms with Gasteiger partial charge >= 0.3 is 0 Å². The number of nitrogens with zero attached hydrogens (tertiary/aromatic N) is 2. The Hall–Kier alpha value is -0.960. The van der Waals surface area contributed by atoms with E-state index in [-0.39, 0.29) is 18.4 Å². The fourth-order valence-electron chi connectivity index (χ4n) is 3.14. The summed E-state index contributed by atoms with van der Waals surface area (Å²) < 4.78 is 32.8. The third-order valence-electron chi connectivity index (χ3n) is 4.45. The summed E-state index contributed by atoms with van der Waals surface area (Å²) in [6.07, 6.45) is 1.48. The Morgan fingerprint density at radius 3 is 2.70 bits per heavy atom. The molecule has 1 atom stereocenters. The average Bonchev–Trinajstić information content (AvgIpc) is 3.02. The normalized spacial score (nSPS) is 23.9. The number of ether oxygens (including phenoxy) is 1. The lowest BCUT2D eigenvalue weighted by Gasteiger charge is -2.35. The second-order valence-electron chi connectivity index (χ2n) is 6.03. The molecule has 0 bridgehead atoms. The van der Waals surface area contributed by atoms with E-state index in [1.165, 1.54) is 15.6 Å². The molecule has 1 amide bonds. The fraction of sp³-hybridized carbons (Fsp3) is 0.667. The highest BCUT2D eigenvalue weighted by Gasteiger charge is 2.36. The third-order valence-corrected chi connectivity index (χ3v) is 7.98. The van der Waals surface area contributed by atoms with E-state index in [1.807, 2.05) is 13.0 Å². The van der Waals surface area contributed by atoms with Crippen molar-refractivity contribution in [1.82, 2.24) is 9.21 Å². The van der Waals surface area contributed by atoms with Gasteiger partial charge in [-0.2, -0.15) is 4.31 Å². The summed E-state index contributed by atoms with van der Waals surface area (Å²) in [5.41, 5.74) is 0.775. The molecule has 0 N–H and O–H groups in total. The van der Waals surface area contributed by atoms with Crippen LogP contribution in [0.2, 0.25) is 0 Å². The highest BCUT2D eigenvalue weighted by molar-refractivity contribution is 7.91. The molecule has 1 aromatic rings.